The normalized spacial score (nSPS) is 37.5. The van der Waals surface area contributed by atoms with E-state index in [0.29, 0.717) is 18.2 Å². The van der Waals surface area contributed by atoms with Gasteiger partial charge in [0.15, 0.2) is 11.5 Å². The molecule has 2 heterocycles. The van der Waals surface area contributed by atoms with Crippen LogP contribution in [-0.2, 0) is 11.8 Å². The van der Waals surface area contributed by atoms with Crippen LogP contribution in [0.1, 0.15) is 24.0 Å². The van der Waals surface area contributed by atoms with E-state index in [2.05, 4.69) is 11.0 Å². The Balaban J connectivity index is 1.64. The first-order chi connectivity index (χ1) is 12.0. The van der Waals surface area contributed by atoms with Crippen molar-refractivity contribution in [2.45, 2.75) is 42.9 Å². The van der Waals surface area contributed by atoms with Gasteiger partial charge in [-0.1, -0.05) is 18.2 Å². The molecule has 2 bridgehead atoms. The second kappa shape index (κ2) is 4.99. The number of aliphatic hydroxyl groups is 1. The predicted octanol–water partition coefficient (Wildman–Crippen LogP) is 0.894. The van der Waals surface area contributed by atoms with Crippen molar-refractivity contribution in [1.29, 1.82) is 5.41 Å². The third-order valence-electron chi connectivity index (χ3n) is 6.66. The van der Waals surface area contributed by atoms with Crippen LogP contribution in [-0.4, -0.2) is 52.3 Å². The fraction of sp³-hybridized carbons (Fsp3) is 0.526. The van der Waals surface area contributed by atoms with Crippen LogP contribution in [0.3, 0.4) is 0 Å². The third kappa shape index (κ3) is 1.84. The van der Waals surface area contributed by atoms with Gasteiger partial charge in [0.1, 0.15) is 12.2 Å². The Morgan fingerprint density at radius 2 is 2.24 bits per heavy atom. The van der Waals surface area contributed by atoms with Gasteiger partial charge in [-0.25, -0.2) is 0 Å². The van der Waals surface area contributed by atoms with Gasteiger partial charge in [-0.05, 0) is 31.0 Å². The van der Waals surface area contributed by atoms with E-state index in [4.69, 9.17) is 15.9 Å². The Hall–Kier alpha value is -2.05. The summed E-state index contributed by atoms with van der Waals surface area (Å²) in [6.07, 6.45) is 5.36. The molecule has 1 fully saturated rings. The van der Waals surface area contributed by atoms with Crippen molar-refractivity contribution in [2.75, 3.05) is 13.1 Å². The SMILES string of the molecule is N=C(N)CCN1CC[C@]23c4c5ccc(O)c4O[C@H]2[C@@H](O)C=C[C@H]3[C@H]1C5. The van der Waals surface area contributed by atoms with Crippen molar-refractivity contribution in [2.24, 2.45) is 11.7 Å². The molecule has 0 aromatic heterocycles. The van der Waals surface area contributed by atoms with Gasteiger partial charge in [0.05, 0.1) is 5.84 Å². The molecule has 1 spiro atoms. The summed E-state index contributed by atoms with van der Waals surface area (Å²) in [5.41, 5.74) is 7.65. The quantitative estimate of drug-likeness (QED) is 0.371. The largest absolute Gasteiger partial charge is 0.504 e. The Kier molecular flexibility index (Phi) is 3.04. The van der Waals surface area contributed by atoms with Crippen LogP contribution in [0.2, 0.25) is 0 Å². The van der Waals surface area contributed by atoms with E-state index < -0.39 is 6.10 Å². The number of piperidine rings is 1. The van der Waals surface area contributed by atoms with Crippen molar-refractivity contribution in [3.63, 3.8) is 0 Å². The smallest absolute Gasteiger partial charge is 0.165 e. The number of phenolic OH excluding ortho intramolecular Hbond substituents is 1. The molecule has 25 heavy (non-hydrogen) atoms. The fourth-order valence-electron chi connectivity index (χ4n) is 5.67. The van der Waals surface area contributed by atoms with Gasteiger partial charge in [-0.3, -0.25) is 10.3 Å². The van der Waals surface area contributed by atoms with Crippen LogP contribution in [0, 0.1) is 11.3 Å². The lowest BCUT2D eigenvalue weighted by atomic mass is 9.53. The minimum atomic E-state index is -0.654. The van der Waals surface area contributed by atoms with E-state index in [1.54, 1.807) is 6.07 Å². The van der Waals surface area contributed by atoms with Crippen molar-refractivity contribution in [1.82, 2.24) is 4.90 Å². The molecule has 6 nitrogen and oxygen atoms in total. The molecule has 1 aromatic carbocycles. The zero-order valence-corrected chi connectivity index (χ0v) is 14.0. The lowest BCUT2D eigenvalue weighted by Crippen LogP contribution is -2.65. The van der Waals surface area contributed by atoms with Crippen molar-refractivity contribution >= 4 is 5.84 Å². The molecular weight excluding hydrogens is 318 g/mol. The number of aromatic hydroxyl groups is 1. The summed E-state index contributed by atoms with van der Waals surface area (Å²) in [5.74, 6) is 1.22. The van der Waals surface area contributed by atoms with Crippen LogP contribution in [0.4, 0.5) is 0 Å². The standard InChI is InChI=1S/C19H23N3O3/c20-15(21)5-7-22-8-6-19-11-2-4-14(24)18(19)25-17-13(23)3-1-10(16(17)19)9-12(11)22/h1-4,11-12,14,18,23-24H,5-9H2,(H3,20,21)/t11-,12+,14-,18-,19-/m0/s1. The van der Waals surface area contributed by atoms with Crippen LogP contribution in [0.5, 0.6) is 11.5 Å². The average Bonchev–Trinajstić information content (AvgIpc) is 2.93. The molecule has 4 aliphatic rings. The molecule has 0 unspecified atom stereocenters. The first-order valence-electron chi connectivity index (χ1n) is 8.97. The minimum absolute atomic E-state index is 0.172. The molecule has 132 valence electrons. The number of hydrogen-bond donors (Lipinski definition) is 4. The van der Waals surface area contributed by atoms with Crippen molar-refractivity contribution < 1.29 is 14.9 Å². The molecule has 0 saturated carbocycles. The average molecular weight is 341 g/mol. The van der Waals surface area contributed by atoms with E-state index in [1.165, 1.54) is 5.56 Å². The van der Waals surface area contributed by atoms with Gasteiger partial charge in [0, 0.05) is 35.9 Å². The molecule has 5 rings (SSSR count). The van der Waals surface area contributed by atoms with Crippen molar-refractivity contribution in [3.8, 4) is 11.5 Å². The zero-order valence-electron chi connectivity index (χ0n) is 14.0. The van der Waals surface area contributed by atoms with Gasteiger partial charge < -0.3 is 20.7 Å². The zero-order chi connectivity index (χ0) is 17.3. The maximum Gasteiger partial charge on any atom is 0.165 e. The van der Waals surface area contributed by atoms with Crippen LogP contribution >= 0.6 is 0 Å². The van der Waals surface area contributed by atoms with Gasteiger partial charge in [0.2, 0.25) is 0 Å². The Bertz CT molecular complexity index is 792. The number of amidine groups is 1. The fourth-order valence-corrected chi connectivity index (χ4v) is 5.67. The van der Waals surface area contributed by atoms with E-state index in [9.17, 15) is 10.2 Å². The highest BCUT2D eigenvalue weighted by Gasteiger charge is 2.64. The van der Waals surface area contributed by atoms with Gasteiger partial charge in [-0.2, -0.15) is 0 Å². The summed E-state index contributed by atoms with van der Waals surface area (Å²) in [7, 11) is 0. The van der Waals surface area contributed by atoms with Gasteiger partial charge in [-0.15, -0.1) is 0 Å². The third-order valence-corrected chi connectivity index (χ3v) is 6.66. The van der Waals surface area contributed by atoms with Crippen molar-refractivity contribution in [3.05, 3.63) is 35.4 Å². The van der Waals surface area contributed by atoms with Gasteiger partial charge in [0.25, 0.3) is 0 Å². The Labute approximate surface area is 146 Å². The summed E-state index contributed by atoms with van der Waals surface area (Å²) in [5, 5.41) is 28.4. The van der Waals surface area contributed by atoms with E-state index in [1.807, 2.05) is 12.1 Å². The maximum atomic E-state index is 10.6. The summed E-state index contributed by atoms with van der Waals surface area (Å²) in [6, 6.07) is 4.02. The lowest BCUT2D eigenvalue weighted by molar-refractivity contribution is -0.0509. The predicted molar refractivity (Wildman–Crippen MR) is 93.1 cm³/mol. The summed E-state index contributed by atoms with van der Waals surface area (Å²) < 4.78 is 6.13. The molecule has 5 N–H and O–H groups in total. The number of aliphatic hydroxyl groups excluding tert-OH is 1. The molecular formula is C19H23N3O3. The van der Waals surface area contributed by atoms with Crippen LogP contribution in [0.15, 0.2) is 24.3 Å². The van der Waals surface area contributed by atoms with Crippen LogP contribution < -0.4 is 10.5 Å². The summed E-state index contributed by atoms with van der Waals surface area (Å²) in [6.45, 7) is 1.68. The van der Waals surface area contributed by atoms with E-state index >= 15 is 0 Å². The number of rotatable bonds is 3. The van der Waals surface area contributed by atoms with Crippen LogP contribution in [0.25, 0.3) is 0 Å². The molecule has 1 aromatic rings. The number of benzene rings is 1. The lowest BCUT2D eigenvalue weighted by Gasteiger charge is -2.57. The Morgan fingerprint density at radius 1 is 1.40 bits per heavy atom. The summed E-state index contributed by atoms with van der Waals surface area (Å²) in [4.78, 5) is 2.43. The molecule has 0 radical (unpaired) electrons. The maximum absolute atomic E-state index is 10.6. The number of hydrogen-bond acceptors (Lipinski definition) is 5. The number of likely N-dealkylation sites (tertiary alicyclic amines) is 1. The second-order valence-electron chi connectivity index (χ2n) is 7.76. The van der Waals surface area contributed by atoms with Gasteiger partial charge >= 0.3 is 0 Å². The second-order valence-corrected chi connectivity index (χ2v) is 7.76. The number of phenols is 1. The molecule has 1 saturated heterocycles. The molecule has 0 amide bonds. The topological polar surface area (TPSA) is 103 Å². The van der Waals surface area contributed by atoms with E-state index in [-0.39, 0.29) is 29.0 Å². The highest BCUT2D eigenvalue weighted by atomic mass is 16.5. The number of nitrogens with one attached hydrogen (secondary N) is 1. The minimum Gasteiger partial charge on any atom is -0.504 e. The number of nitrogens with two attached hydrogens (primary N) is 1. The first-order valence-corrected chi connectivity index (χ1v) is 8.97. The van der Waals surface area contributed by atoms with E-state index in [0.717, 1.165) is 31.5 Å². The first kappa shape index (κ1) is 15.2. The monoisotopic (exact) mass is 341 g/mol. The summed E-state index contributed by atoms with van der Waals surface area (Å²) >= 11 is 0. The number of nitrogens with zero attached hydrogens (tertiary/aromatic N) is 1. The highest BCUT2D eigenvalue weighted by molar-refractivity contribution is 5.77. The molecule has 2 aliphatic carbocycles. The molecule has 2 aliphatic heterocycles. The molecule has 5 atom stereocenters. The Morgan fingerprint density at radius 3 is 3.04 bits per heavy atom. The highest BCUT2D eigenvalue weighted by Crippen LogP contribution is 2.62. The molecule has 6 heteroatoms. The number of ether oxygens (including phenoxy) is 1.